The van der Waals surface area contributed by atoms with Gasteiger partial charge in [-0.05, 0) is 74.0 Å². The van der Waals surface area contributed by atoms with Gasteiger partial charge in [-0.25, -0.2) is 8.42 Å². The maximum Gasteiger partial charge on any atom is 0.416 e. The van der Waals surface area contributed by atoms with Crippen LogP contribution in [0.1, 0.15) is 25.0 Å². The van der Waals surface area contributed by atoms with Crippen LogP contribution >= 0.6 is 0 Å². The predicted octanol–water partition coefficient (Wildman–Crippen LogP) is 5.09. The van der Waals surface area contributed by atoms with Crippen molar-refractivity contribution >= 4 is 20.1 Å². The van der Waals surface area contributed by atoms with Crippen molar-refractivity contribution in [3.05, 3.63) is 77.9 Å². The van der Waals surface area contributed by atoms with Gasteiger partial charge in [0.2, 0.25) is 10.0 Å². The minimum atomic E-state index is -4.75. The van der Waals surface area contributed by atoms with Gasteiger partial charge in [0.1, 0.15) is 10.6 Å². The van der Waals surface area contributed by atoms with Crippen LogP contribution < -0.4 is 13.7 Å². The number of sulfonamides is 1. The summed E-state index contributed by atoms with van der Waals surface area (Å²) in [7, 11) is -5.94. The molecule has 0 N–H and O–H groups in total. The van der Waals surface area contributed by atoms with Crippen molar-refractivity contribution in [2.75, 3.05) is 14.2 Å². The largest absolute Gasteiger partial charge is 0.497 e. The smallest absolute Gasteiger partial charge is 0.416 e. The third-order valence-electron chi connectivity index (χ3n) is 5.46. The van der Waals surface area contributed by atoms with Crippen molar-refractivity contribution in [1.82, 2.24) is 4.31 Å². The van der Waals surface area contributed by atoms with Crippen LogP contribution in [-0.4, -0.2) is 41.4 Å². The molecule has 3 aromatic carbocycles. The van der Waals surface area contributed by atoms with Crippen LogP contribution in [0, 0.1) is 0 Å². The zero-order valence-electron chi connectivity index (χ0n) is 20.9. The molecule has 0 saturated carbocycles. The lowest BCUT2D eigenvalue weighted by atomic mass is 10.2. The molecule has 13 heteroatoms. The monoisotopic (exact) mass is 573 g/mol. The first-order valence-electron chi connectivity index (χ1n) is 11.1. The Labute approximate surface area is 219 Å². The van der Waals surface area contributed by atoms with Crippen molar-refractivity contribution in [3.8, 4) is 17.2 Å². The van der Waals surface area contributed by atoms with E-state index in [1.807, 2.05) is 0 Å². The van der Waals surface area contributed by atoms with Crippen molar-refractivity contribution < 1.29 is 43.7 Å². The van der Waals surface area contributed by atoms with E-state index in [-0.39, 0.29) is 22.9 Å². The molecular weight excluding hydrogens is 547 g/mol. The van der Waals surface area contributed by atoms with Crippen LogP contribution in [0.15, 0.2) is 76.5 Å². The Hall–Kier alpha value is -3.29. The Morgan fingerprint density at radius 1 is 0.816 bits per heavy atom. The van der Waals surface area contributed by atoms with E-state index in [0.29, 0.717) is 17.4 Å². The highest BCUT2D eigenvalue weighted by molar-refractivity contribution is 7.89. The van der Waals surface area contributed by atoms with Crippen LogP contribution in [0.2, 0.25) is 0 Å². The second-order valence-electron chi connectivity index (χ2n) is 8.37. The van der Waals surface area contributed by atoms with Crippen LogP contribution in [-0.2, 0) is 32.9 Å². The molecule has 0 heterocycles. The Balaban J connectivity index is 1.95. The van der Waals surface area contributed by atoms with E-state index in [9.17, 15) is 30.0 Å². The minimum absolute atomic E-state index is 0.0154. The van der Waals surface area contributed by atoms with Gasteiger partial charge in [0.25, 0.3) is 0 Å². The summed E-state index contributed by atoms with van der Waals surface area (Å²) in [6, 6.07) is 12.7. The van der Waals surface area contributed by atoms with Crippen LogP contribution in [0.5, 0.6) is 17.2 Å². The van der Waals surface area contributed by atoms with Gasteiger partial charge in [-0.1, -0.05) is 12.1 Å². The van der Waals surface area contributed by atoms with Gasteiger partial charge < -0.3 is 13.7 Å². The third-order valence-corrected chi connectivity index (χ3v) is 8.72. The predicted molar refractivity (Wildman–Crippen MR) is 133 cm³/mol. The SMILES string of the molecule is COc1ccc(S(=O)(=O)N(Cc2ccc(OC)c(OS(=O)(=O)c3cccc(C(F)(F)F)c3)c2)C(C)C)cc1. The van der Waals surface area contributed by atoms with Gasteiger partial charge in [-0.3, -0.25) is 0 Å². The van der Waals surface area contributed by atoms with E-state index in [0.717, 1.165) is 18.2 Å². The first-order chi connectivity index (χ1) is 17.7. The molecule has 38 heavy (non-hydrogen) atoms. The number of ether oxygens (including phenoxy) is 2. The van der Waals surface area contributed by atoms with Crippen LogP contribution in [0.25, 0.3) is 0 Å². The fourth-order valence-electron chi connectivity index (χ4n) is 3.49. The Bertz CT molecular complexity index is 1490. The zero-order valence-corrected chi connectivity index (χ0v) is 22.5. The number of hydrogen-bond acceptors (Lipinski definition) is 7. The van der Waals surface area contributed by atoms with E-state index < -0.39 is 42.8 Å². The topological polar surface area (TPSA) is 99.2 Å². The highest BCUT2D eigenvalue weighted by atomic mass is 32.2. The van der Waals surface area contributed by atoms with E-state index in [1.54, 1.807) is 13.8 Å². The fraction of sp³-hybridized carbons (Fsp3) is 0.280. The quantitative estimate of drug-likeness (QED) is 0.312. The van der Waals surface area contributed by atoms with Gasteiger partial charge in [0.05, 0.1) is 24.7 Å². The molecule has 0 fully saturated rings. The molecule has 0 spiro atoms. The Morgan fingerprint density at radius 3 is 2.03 bits per heavy atom. The van der Waals surface area contributed by atoms with Crippen molar-refractivity contribution in [1.29, 1.82) is 0 Å². The molecule has 0 aromatic heterocycles. The van der Waals surface area contributed by atoms with Gasteiger partial charge in [-0.2, -0.15) is 25.9 Å². The minimum Gasteiger partial charge on any atom is -0.497 e. The number of hydrogen-bond donors (Lipinski definition) is 0. The number of nitrogens with zero attached hydrogens (tertiary/aromatic N) is 1. The standard InChI is InChI=1S/C25H26F3NO7S2/c1-17(2)29(37(30,31)21-11-9-20(34-3)10-12-21)16-18-8-13-23(35-4)24(14-18)36-38(32,33)22-7-5-6-19(15-22)25(26,27)28/h5-15,17H,16H2,1-4H3. The number of alkyl halides is 3. The van der Waals surface area contributed by atoms with E-state index >= 15 is 0 Å². The number of benzene rings is 3. The van der Waals surface area contributed by atoms with Gasteiger partial charge in [-0.15, -0.1) is 0 Å². The lowest BCUT2D eigenvalue weighted by molar-refractivity contribution is -0.137. The normalized spacial score (nSPS) is 12.6. The van der Waals surface area contributed by atoms with Crippen molar-refractivity contribution in [3.63, 3.8) is 0 Å². The molecule has 0 saturated heterocycles. The second kappa shape index (κ2) is 11.2. The summed E-state index contributed by atoms with van der Waals surface area (Å²) >= 11 is 0. The summed E-state index contributed by atoms with van der Waals surface area (Å²) in [6.07, 6.45) is -4.75. The Morgan fingerprint density at radius 2 is 1.47 bits per heavy atom. The lowest BCUT2D eigenvalue weighted by Gasteiger charge is -2.26. The molecule has 0 amide bonds. The lowest BCUT2D eigenvalue weighted by Crippen LogP contribution is -2.36. The molecule has 0 aliphatic carbocycles. The third kappa shape index (κ3) is 6.58. The number of methoxy groups -OCH3 is 2. The molecule has 0 aliphatic heterocycles. The van der Waals surface area contributed by atoms with Crippen LogP contribution in [0.3, 0.4) is 0 Å². The molecule has 3 rings (SSSR count). The number of rotatable bonds is 10. The molecule has 0 unspecified atom stereocenters. The van der Waals surface area contributed by atoms with Crippen molar-refractivity contribution in [2.45, 2.75) is 42.4 Å². The summed E-state index contributed by atoms with van der Waals surface area (Å²) in [5.74, 6) is 0.158. The van der Waals surface area contributed by atoms with Crippen LogP contribution in [0.4, 0.5) is 13.2 Å². The van der Waals surface area contributed by atoms with E-state index in [2.05, 4.69) is 0 Å². The first kappa shape index (κ1) is 29.3. The molecule has 206 valence electrons. The summed E-state index contributed by atoms with van der Waals surface area (Å²) in [5, 5.41) is 0. The average Bonchev–Trinajstić information content (AvgIpc) is 2.86. The van der Waals surface area contributed by atoms with E-state index in [1.165, 1.54) is 61.0 Å². The zero-order chi connectivity index (χ0) is 28.3. The number of halogens is 3. The average molecular weight is 574 g/mol. The maximum atomic E-state index is 13.4. The van der Waals surface area contributed by atoms with Gasteiger partial charge >= 0.3 is 16.3 Å². The highest BCUT2D eigenvalue weighted by Crippen LogP contribution is 2.34. The van der Waals surface area contributed by atoms with Gasteiger partial charge in [0.15, 0.2) is 11.5 Å². The maximum absolute atomic E-state index is 13.4. The first-order valence-corrected chi connectivity index (χ1v) is 14.0. The summed E-state index contributed by atoms with van der Waals surface area (Å²) in [5.41, 5.74) is -0.801. The van der Waals surface area contributed by atoms with Crippen molar-refractivity contribution in [2.24, 2.45) is 0 Å². The Kier molecular flexibility index (Phi) is 8.64. The molecule has 0 bridgehead atoms. The fourth-order valence-corrected chi connectivity index (χ4v) is 6.09. The summed E-state index contributed by atoms with van der Waals surface area (Å²) in [6.45, 7) is 3.20. The molecule has 3 aromatic rings. The van der Waals surface area contributed by atoms with E-state index in [4.69, 9.17) is 13.7 Å². The molecule has 0 aliphatic rings. The molecule has 0 atom stereocenters. The van der Waals surface area contributed by atoms with Gasteiger partial charge in [0, 0.05) is 12.6 Å². The summed E-state index contributed by atoms with van der Waals surface area (Å²) < 4.78 is 108. The summed E-state index contributed by atoms with van der Waals surface area (Å²) in [4.78, 5) is -0.671. The molecule has 0 radical (unpaired) electrons. The highest BCUT2D eigenvalue weighted by Gasteiger charge is 2.32. The molecule has 8 nitrogen and oxygen atoms in total. The second-order valence-corrected chi connectivity index (χ2v) is 11.8. The molecular formula is C25H26F3NO7S2.